The van der Waals surface area contributed by atoms with Crippen LogP contribution >= 0.6 is 11.6 Å². The molecule has 0 spiro atoms. The third kappa shape index (κ3) is 4.64. The lowest BCUT2D eigenvalue weighted by atomic mass is 10.1. The molecule has 1 aromatic rings. The lowest BCUT2D eigenvalue weighted by Crippen LogP contribution is -2.32. The number of benzene rings is 1. The third-order valence-corrected chi connectivity index (χ3v) is 3.84. The van der Waals surface area contributed by atoms with Crippen molar-refractivity contribution in [2.75, 3.05) is 12.9 Å². The highest BCUT2D eigenvalue weighted by atomic mass is 35.5. The fraction of sp³-hybridized carbons (Fsp3) is 0.364. The summed E-state index contributed by atoms with van der Waals surface area (Å²) < 4.78 is 29.9. The molecular formula is C11H14ClNO4S. The number of carbonyl (C=O) groups is 1. The van der Waals surface area contributed by atoms with Crippen LogP contribution in [0.1, 0.15) is 18.5 Å². The van der Waals surface area contributed by atoms with Gasteiger partial charge in [0, 0.05) is 11.1 Å². The first-order chi connectivity index (χ1) is 8.34. The molecule has 0 amide bonds. The molecule has 0 heterocycles. The molecule has 5 nitrogen and oxygen atoms in total. The SMILES string of the molecule is COC(=O)CS(=O)(=O)NC(C)c1ccc(Cl)cc1. The molecule has 0 fully saturated rings. The summed E-state index contributed by atoms with van der Waals surface area (Å²) in [5, 5.41) is 0.573. The maximum absolute atomic E-state index is 11.6. The van der Waals surface area contributed by atoms with Gasteiger partial charge in [0.15, 0.2) is 5.75 Å². The predicted molar refractivity (Wildman–Crippen MR) is 68.8 cm³/mol. The topological polar surface area (TPSA) is 72.5 Å². The molecule has 0 saturated carbocycles. The summed E-state index contributed by atoms with van der Waals surface area (Å²) in [6, 6.07) is 6.32. The van der Waals surface area contributed by atoms with E-state index in [9.17, 15) is 13.2 Å². The molecule has 0 aliphatic carbocycles. The molecule has 0 aromatic heterocycles. The Morgan fingerprint density at radius 3 is 2.44 bits per heavy atom. The normalized spacial score (nSPS) is 13.1. The molecule has 0 radical (unpaired) electrons. The quantitative estimate of drug-likeness (QED) is 0.834. The van der Waals surface area contributed by atoms with E-state index >= 15 is 0 Å². The highest BCUT2D eigenvalue weighted by Crippen LogP contribution is 2.16. The van der Waals surface area contributed by atoms with Crippen LogP contribution in [0.5, 0.6) is 0 Å². The highest BCUT2D eigenvalue weighted by molar-refractivity contribution is 7.90. The van der Waals surface area contributed by atoms with Crippen molar-refractivity contribution in [1.29, 1.82) is 0 Å². The number of rotatable bonds is 5. The second-order valence-electron chi connectivity index (χ2n) is 3.73. The first kappa shape index (κ1) is 14.9. The minimum Gasteiger partial charge on any atom is -0.468 e. The molecule has 0 bridgehead atoms. The number of hydrogen-bond donors (Lipinski definition) is 1. The van der Waals surface area contributed by atoms with Crippen molar-refractivity contribution in [3.63, 3.8) is 0 Å². The second kappa shape index (κ2) is 6.17. The van der Waals surface area contributed by atoms with Gasteiger partial charge in [-0.05, 0) is 24.6 Å². The Labute approximate surface area is 111 Å². The lowest BCUT2D eigenvalue weighted by Gasteiger charge is -2.14. The minimum atomic E-state index is -3.71. The summed E-state index contributed by atoms with van der Waals surface area (Å²) in [6.07, 6.45) is 0. The van der Waals surface area contributed by atoms with Crippen LogP contribution in [-0.2, 0) is 19.6 Å². The van der Waals surface area contributed by atoms with Gasteiger partial charge in [-0.3, -0.25) is 4.79 Å². The standard InChI is InChI=1S/C11H14ClNO4S/c1-8(9-3-5-10(12)6-4-9)13-18(15,16)7-11(14)17-2/h3-6,8,13H,7H2,1-2H3. The second-order valence-corrected chi connectivity index (χ2v) is 5.92. The van der Waals surface area contributed by atoms with Crippen LogP contribution in [-0.4, -0.2) is 27.2 Å². The Hall–Kier alpha value is -1.11. The van der Waals surface area contributed by atoms with Crippen LogP contribution in [0.25, 0.3) is 0 Å². The van der Waals surface area contributed by atoms with Crippen molar-refractivity contribution in [2.45, 2.75) is 13.0 Å². The van der Waals surface area contributed by atoms with E-state index < -0.39 is 27.8 Å². The Bertz CT molecular complexity index is 512. The van der Waals surface area contributed by atoms with Crippen molar-refractivity contribution >= 4 is 27.6 Å². The maximum Gasteiger partial charge on any atom is 0.322 e. The van der Waals surface area contributed by atoms with Crippen molar-refractivity contribution < 1.29 is 17.9 Å². The van der Waals surface area contributed by atoms with Crippen LogP contribution in [0, 0.1) is 0 Å². The first-order valence-electron chi connectivity index (χ1n) is 5.16. The molecule has 0 aliphatic heterocycles. The van der Waals surface area contributed by atoms with Gasteiger partial charge in [0.25, 0.3) is 0 Å². The average Bonchev–Trinajstić information content (AvgIpc) is 2.28. The molecule has 7 heteroatoms. The van der Waals surface area contributed by atoms with Crippen LogP contribution in [0.3, 0.4) is 0 Å². The third-order valence-electron chi connectivity index (χ3n) is 2.26. The van der Waals surface area contributed by atoms with Gasteiger partial charge in [-0.25, -0.2) is 13.1 Å². The summed E-state index contributed by atoms with van der Waals surface area (Å²) >= 11 is 5.74. The summed E-state index contributed by atoms with van der Waals surface area (Å²) in [5.74, 6) is -1.49. The van der Waals surface area contributed by atoms with E-state index in [0.717, 1.165) is 12.7 Å². The Morgan fingerprint density at radius 1 is 1.39 bits per heavy atom. The number of halogens is 1. The number of esters is 1. The molecule has 1 aromatic carbocycles. The zero-order chi connectivity index (χ0) is 13.8. The van der Waals surface area contributed by atoms with Gasteiger partial charge in [0.2, 0.25) is 10.0 Å². The van der Waals surface area contributed by atoms with E-state index in [-0.39, 0.29) is 0 Å². The number of sulfonamides is 1. The Balaban J connectivity index is 2.72. The number of methoxy groups -OCH3 is 1. The van der Waals surface area contributed by atoms with E-state index in [1.54, 1.807) is 31.2 Å². The fourth-order valence-corrected chi connectivity index (χ4v) is 2.66. The maximum atomic E-state index is 11.6. The van der Waals surface area contributed by atoms with E-state index in [2.05, 4.69) is 9.46 Å². The molecule has 1 rings (SSSR count). The monoisotopic (exact) mass is 291 g/mol. The van der Waals surface area contributed by atoms with Crippen molar-refractivity contribution in [3.05, 3.63) is 34.9 Å². The molecule has 1 N–H and O–H groups in total. The predicted octanol–water partition coefficient (Wildman–Crippen LogP) is 1.49. The zero-order valence-corrected chi connectivity index (χ0v) is 11.6. The number of nitrogens with one attached hydrogen (secondary N) is 1. The smallest absolute Gasteiger partial charge is 0.322 e. The molecule has 0 aliphatic rings. The van der Waals surface area contributed by atoms with Gasteiger partial charge in [0.1, 0.15) is 0 Å². The summed E-state index contributed by atoms with van der Waals surface area (Å²) in [5.41, 5.74) is 0.757. The molecular weight excluding hydrogens is 278 g/mol. The molecule has 100 valence electrons. The minimum absolute atomic E-state index is 0.447. The van der Waals surface area contributed by atoms with Gasteiger partial charge in [-0.1, -0.05) is 23.7 Å². The number of hydrogen-bond acceptors (Lipinski definition) is 4. The Morgan fingerprint density at radius 2 is 1.94 bits per heavy atom. The van der Waals surface area contributed by atoms with Crippen molar-refractivity contribution in [2.24, 2.45) is 0 Å². The average molecular weight is 292 g/mol. The van der Waals surface area contributed by atoms with Gasteiger partial charge in [-0.15, -0.1) is 0 Å². The van der Waals surface area contributed by atoms with Gasteiger partial charge in [-0.2, -0.15) is 0 Å². The zero-order valence-electron chi connectivity index (χ0n) is 10.0. The van der Waals surface area contributed by atoms with Crippen molar-refractivity contribution in [1.82, 2.24) is 4.72 Å². The molecule has 18 heavy (non-hydrogen) atoms. The molecule has 1 unspecified atom stereocenters. The van der Waals surface area contributed by atoms with Crippen LogP contribution < -0.4 is 4.72 Å². The Kier molecular flexibility index (Phi) is 5.13. The van der Waals surface area contributed by atoms with E-state index in [4.69, 9.17) is 11.6 Å². The molecule has 1 atom stereocenters. The highest BCUT2D eigenvalue weighted by Gasteiger charge is 2.20. The van der Waals surface area contributed by atoms with Gasteiger partial charge < -0.3 is 4.74 Å². The summed E-state index contributed by atoms with van der Waals surface area (Å²) in [6.45, 7) is 1.68. The van der Waals surface area contributed by atoms with Gasteiger partial charge in [0.05, 0.1) is 7.11 Å². The van der Waals surface area contributed by atoms with Crippen LogP contribution in [0.2, 0.25) is 5.02 Å². The van der Waals surface area contributed by atoms with Crippen molar-refractivity contribution in [3.8, 4) is 0 Å². The summed E-state index contributed by atoms with van der Waals surface area (Å²) in [7, 11) is -2.57. The number of ether oxygens (including phenoxy) is 1. The molecule has 0 saturated heterocycles. The lowest BCUT2D eigenvalue weighted by molar-refractivity contribution is -0.137. The fourth-order valence-electron chi connectivity index (χ4n) is 1.34. The van der Waals surface area contributed by atoms with Gasteiger partial charge >= 0.3 is 5.97 Å². The van der Waals surface area contributed by atoms with Crippen LogP contribution in [0.4, 0.5) is 0 Å². The van der Waals surface area contributed by atoms with E-state index in [1.165, 1.54) is 0 Å². The van der Waals surface area contributed by atoms with E-state index in [1.807, 2.05) is 0 Å². The first-order valence-corrected chi connectivity index (χ1v) is 7.19. The van der Waals surface area contributed by atoms with Crippen LogP contribution in [0.15, 0.2) is 24.3 Å². The summed E-state index contributed by atoms with van der Waals surface area (Å²) in [4.78, 5) is 10.9. The number of carbonyl (C=O) groups excluding carboxylic acids is 1. The largest absolute Gasteiger partial charge is 0.468 e. The van der Waals surface area contributed by atoms with E-state index in [0.29, 0.717) is 5.02 Å².